The first-order valence-corrected chi connectivity index (χ1v) is 5.27. The molecular formula is C12H15N3O2. The summed E-state index contributed by atoms with van der Waals surface area (Å²) in [6, 6.07) is 7.31. The Bertz CT molecular complexity index is 452. The van der Waals surface area contributed by atoms with Crippen LogP contribution in [0.4, 0.5) is 11.4 Å². The van der Waals surface area contributed by atoms with E-state index in [4.69, 9.17) is 10.1 Å². The van der Waals surface area contributed by atoms with Crippen molar-refractivity contribution < 1.29 is 9.63 Å². The van der Waals surface area contributed by atoms with Crippen molar-refractivity contribution in [2.75, 3.05) is 24.0 Å². The molecule has 0 unspecified atom stereocenters. The molecule has 1 amide bonds. The maximum absolute atomic E-state index is 11.4. The third-order valence-electron chi connectivity index (χ3n) is 2.21. The van der Waals surface area contributed by atoms with Crippen molar-refractivity contribution in [3.63, 3.8) is 0 Å². The van der Waals surface area contributed by atoms with E-state index in [0.29, 0.717) is 23.5 Å². The zero-order valence-corrected chi connectivity index (χ0v) is 10.2. The number of amides is 1. The summed E-state index contributed by atoms with van der Waals surface area (Å²) in [5.74, 6) is -0.280. The summed E-state index contributed by atoms with van der Waals surface area (Å²) in [6.45, 7) is 4.02. The van der Waals surface area contributed by atoms with E-state index in [2.05, 4.69) is 11.4 Å². The van der Waals surface area contributed by atoms with Gasteiger partial charge in [0.15, 0.2) is 0 Å². The Morgan fingerprint density at radius 2 is 2.29 bits per heavy atom. The van der Waals surface area contributed by atoms with E-state index in [0.717, 1.165) is 5.06 Å². The second kappa shape index (κ2) is 5.87. The first-order chi connectivity index (χ1) is 8.15. The topological polar surface area (TPSA) is 65.4 Å². The summed E-state index contributed by atoms with van der Waals surface area (Å²) < 4.78 is 0. The van der Waals surface area contributed by atoms with Crippen LogP contribution in [0.15, 0.2) is 18.2 Å². The van der Waals surface area contributed by atoms with Gasteiger partial charge in [0.2, 0.25) is 5.91 Å². The molecule has 0 aliphatic carbocycles. The van der Waals surface area contributed by atoms with E-state index < -0.39 is 0 Å². The minimum absolute atomic E-state index is 0.280. The molecule has 0 heterocycles. The average molecular weight is 233 g/mol. The van der Waals surface area contributed by atoms with Crippen molar-refractivity contribution >= 4 is 17.3 Å². The van der Waals surface area contributed by atoms with Gasteiger partial charge in [0.05, 0.1) is 18.5 Å². The Morgan fingerprint density at radius 3 is 2.76 bits per heavy atom. The summed E-state index contributed by atoms with van der Waals surface area (Å²) in [5, 5.41) is 13.3. The number of hydroxylamine groups is 1. The molecule has 0 spiro atoms. The molecule has 17 heavy (non-hydrogen) atoms. The minimum Gasteiger partial charge on any atom is -0.384 e. The first-order valence-electron chi connectivity index (χ1n) is 5.27. The van der Waals surface area contributed by atoms with E-state index >= 15 is 0 Å². The highest BCUT2D eigenvalue weighted by molar-refractivity contribution is 5.92. The maximum atomic E-state index is 11.4. The number of benzene rings is 1. The molecule has 5 nitrogen and oxygen atoms in total. The van der Waals surface area contributed by atoms with E-state index in [9.17, 15) is 4.79 Å². The van der Waals surface area contributed by atoms with Gasteiger partial charge in [-0.25, -0.2) is 0 Å². The predicted octanol–water partition coefficient (Wildman–Crippen LogP) is 1.90. The molecule has 0 aliphatic rings. The summed E-state index contributed by atoms with van der Waals surface area (Å²) in [5.41, 5.74) is 1.53. The fourth-order valence-corrected chi connectivity index (χ4v) is 1.56. The van der Waals surface area contributed by atoms with Crippen LogP contribution < -0.4 is 10.4 Å². The Hall–Kier alpha value is -2.06. The molecule has 1 rings (SSSR count). The zero-order chi connectivity index (χ0) is 12.8. The number of hydrogen-bond acceptors (Lipinski definition) is 4. The van der Waals surface area contributed by atoms with Crippen LogP contribution in [0.3, 0.4) is 0 Å². The Kier molecular flexibility index (Phi) is 4.49. The van der Waals surface area contributed by atoms with Gasteiger partial charge in [0.1, 0.15) is 11.6 Å². The molecule has 0 fully saturated rings. The monoisotopic (exact) mass is 233 g/mol. The number of rotatable bonds is 4. The largest absolute Gasteiger partial charge is 0.384 e. The van der Waals surface area contributed by atoms with Crippen molar-refractivity contribution in [1.82, 2.24) is 0 Å². The molecule has 5 heteroatoms. The van der Waals surface area contributed by atoms with Gasteiger partial charge in [0, 0.05) is 13.5 Å². The molecule has 0 radical (unpaired) electrons. The van der Waals surface area contributed by atoms with Crippen LogP contribution in [-0.2, 0) is 9.63 Å². The van der Waals surface area contributed by atoms with Crippen LogP contribution in [0.1, 0.15) is 19.4 Å². The van der Waals surface area contributed by atoms with Gasteiger partial charge < -0.3 is 5.32 Å². The lowest BCUT2D eigenvalue weighted by molar-refractivity contribution is -0.122. The first kappa shape index (κ1) is 13.0. The van der Waals surface area contributed by atoms with Crippen LogP contribution in [0.2, 0.25) is 0 Å². The van der Waals surface area contributed by atoms with E-state index in [-0.39, 0.29) is 5.91 Å². The summed E-state index contributed by atoms with van der Waals surface area (Å²) >= 11 is 0. The highest BCUT2D eigenvalue weighted by Gasteiger charge is 2.17. The lowest BCUT2D eigenvalue weighted by Crippen LogP contribution is -2.28. The SMILES string of the molecule is CCNc1cccc(N(OC)C(C)=O)c1C#N. The molecule has 0 bridgehead atoms. The number of carbonyl (C=O) groups excluding carboxylic acids is 1. The van der Waals surface area contributed by atoms with E-state index in [1.807, 2.05) is 6.92 Å². The molecule has 0 saturated carbocycles. The van der Waals surface area contributed by atoms with E-state index in [1.165, 1.54) is 14.0 Å². The van der Waals surface area contributed by atoms with Gasteiger partial charge in [-0.3, -0.25) is 9.63 Å². The molecule has 1 N–H and O–H groups in total. The molecule has 1 aromatic carbocycles. The third kappa shape index (κ3) is 2.74. The Balaban J connectivity index is 3.28. The lowest BCUT2D eigenvalue weighted by Gasteiger charge is -2.20. The second-order valence-electron chi connectivity index (χ2n) is 3.34. The fraction of sp³-hybridized carbons (Fsp3) is 0.333. The van der Waals surface area contributed by atoms with Crippen molar-refractivity contribution in [3.05, 3.63) is 23.8 Å². The van der Waals surface area contributed by atoms with Crippen LogP contribution in [0.25, 0.3) is 0 Å². The smallest absolute Gasteiger partial charge is 0.247 e. The zero-order valence-electron chi connectivity index (χ0n) is 10.2. The van der Waals surface area contributed by atoms with E-state index in [1.54, 1.807) is 18.2 Å². The number of hydrogen-bond donors (Lipinski definition) is 1. The molecule has 0 atom stereocenters. The lowest BCUT2D eigenvalue weighted by atomic mass is 10.1. The molecule has 90 valence electrons. The van der Waals surface area contributed by atoms with Crippen LogP contribution in [-0.4, -0.2) is 19.6 Å². The second-order valence-corrected chi connectivity index (χ2v) is 3.34. The number of nitrogens with zero attached hydrogens (tertiary/aromatic N) is 2. The summed E-state index contributed by atoms with van der Waals surface area (Å²) in [4.78, 5) is 16.4. The van der Waals surface area contributed by atoms with Crippen LogP contribution >= 0.6 is 0 Å². The maximum Gasteiger partial charge on any atom is 0.247 e. The van der Waals surface area contributed by atoms with Crippen LogP contribution in [0.5, 0.6) is 0 Å². The van der Waals surface area contributed by atoms with Gasteiger partial charge in [0.25, 0.3) is 0 Å². The quantitative estimate of drug-likeness (QED) is 0.807. The molecule has 0 saturated heterocycles. The minimum atomic E-state index is -0.280. The normalized spacial score (nSPS) is 9.53. The van der Waals surface area contributed by atoms with Gasteiger partial charge >= 0.3 is 0 Å². The molecular weight excluding hydrogens is 218 g/mol. The van der Waals surface area contributed by atoms with Crippen molar-refractivity contribution in [1.29, 1.82) is 5.26 Å². The highest BCUT2D eigenvalue weighted by atomic mass is 16.7. The fourth-order valence-electron chi connectivity index (χ4n) is 1.56. The molecule has 1 aromatic rings. The van der Waals surface area contributed by atoms with Gasteiger partial charge in [-0.05, 0) is 19.1 Å². The summed E-state index contributed by atoms with van der Waals surface area (Å²) in [7, 11) is 1.39. The number of nitrogens with one attached hydrogen (secondary N) is 1. The molecule has 0 aromatic heterocycles. The highest BCUT2D eigenvalue weighted by Crippen LogP contribution is 2.27. The van der Waals surface area contributed by atoms with Gasteiger partial charge in [-0.1, -0.05) is 6.07 Å². The Labute approximate surface area is 101 Å². The summed E-state index contributed by atoms with van der Waals surface area (Å²) in [6.07, 6.45) is 0. The predicted molar refractivity (Wildman–Crippen MR) is 65.5 cm³/mol. The van der Waals surface area contributed by atoms with Crippen molar-refractivity contribution in [3.8, 4) is 6.07 Å². The number of anilines is 2. The number of nitriles is 1. The number of carbonyl (C=O) groups is 1. The van der Waals surface area contributed by atoms with Crippen molar-refractivity contribution in [2.24, 2.45) is 0 Å². The standard InChI is InChI=1S/C12H15N3O2/c1-4-14-11-6-5-7-12(10(11)8-13)15(17-3)9(2)16/h5-7,14H,4H2,1-3H3. The van der Waals surface area contributed by atoms with Crippen molar-refractivity contribution in [2.45, 2.75) is 13.8 Å². The van der Waals surface area contributed by atoms with Crippen LogP contribution in [0, 0.1) is 11.3 Å². The van der Waals surface area contributed by atoms with Gasteiger partial charge in [-0.15, -0.1) is 0 Å². The third-order valence-corrected chi connectivity index (χ3v) is 2.21. The van der Waals surface area contributed by atoms with Gasteiger partial charge in [-0.2, -0.15) is 10.3 Å². The Morgan fingerprint density at radius 1 is 1.59 bits per heavy atom. The molecule has 0 aliphatic heterocycles. The average Bonchev–Trinajstić information content (AvgIpc) is 2.30.